The molecule has 0 fully saturated rings. The van der Waals surface area contributed by atoms with Gasteiger partial charge in [0.05, 0.1) is 0 Å². The van der Waals surface area contributed by atoms with Crippen molar-refractivity contribution < 1.29 is 5.11 Å². The van der Waals surface area contributed by atoms with E-state index >= 15 is 0 Å². The van der Waals surface area contributed by atoms with Crippen LogP contribution in [0.4, 0.5) is 0 Å². The molecule has 0 heterocycles. The van der Waals surface area contributed by atoms with Gasteiger partial charge in [0.2, 0.25) is 0 Å². The van der Waals surface area contributed by atoms with Gasteiger partial charge < -0.3 is 10.8 Å². The minimum Gasteiger partial charge on any atom is -0.379 e. The number of aliphatic hydroxyl groups is 1. The van der Waals surface area contributed by atoms with Gasteiger partial charge in [-0.2, -0.15) is 0 Å². The molecule has 0 aliphatic rings. The van der Waals surface area contributed by atoms with E-state index in [1.165, 1.54) is 32.1 Å². The first-order chi connectivity index (χ1) is 5.27. The fraction of sp³-hybridized carbons (Fsp3) is 1.00. The zero-order chi connectivity index (χ0) is 8.53. The summed E-state index contributed by atoms with van der Waals surface area (Å²) in [6.07, 6.45) is 7.70. The molecule has 0 aliphatic heterocycles. The van der Waals surface area contributed by atoms with Crippen LogP contribution in [0.15, 0.2) is 0 Å². The number of aliphatic hydroxyl groups excluding tert-OH is 1. The molecule has 68 valence electrons. The highest BCUT2D eigenvalue weighted by Crippen LogP contribution is 2.06. The second-order valence-corrected chi connectivity index (χ2v) is 3.12. The van der Waals surface area contributed by atoms with Gasteiger partial charge >= 0.3 is 0 Å². The second kappa shape index (κ2) is 8.02. The highest BCUT2D eigenvalue weighted by Gasteiger charge is 1.94. The van der Waals surface area contributed by atoms with Crippen LogP contribution in [0.2, 0.25) is 0 Å². The summed E-state index contributed by atoms with van der Waals surface area (Å²) in [5.41, 5.74) is 5.19. The average molecular weight is 159 g/mol. The number of nitrogens with two attached hydrogens (primary N) is 1. The van der Waals surface area contributed by atoms with Crippen molar-refractivity contribution in [2.45, 2.75) is 58.1 Å². The third-order valence-corrected chi connectivity index (χ3v) is 1.85. The summed E-state index contributed by atoms with van der Waals surface area (Å²) in [6, 6.07) is 0. The Morgan fingerprint density at radius 3 is 2.18 bits per heavy atom. The van der Waals surface area contributed by atoms with E-state index in [1.807, 2.05) is 0 Å². The van der Waals surface area contributed by atoms with Gasteiger partial charge in [0.1, 0.15) is 6.23 Å². The molecule has 2 nitrogen and oxygen atoms in total. The Kier molecular flexibility index (Phi) is 7.96. The van der Waals surface area contributed by atoms with Crippen molar-refractivity contribution in [3.8, 4) is 0 Å². The number of hydrogen-bond donors (Lipinski definition) is 2. The first-order valence-electron chi connectivity index (χ1n) is 4.71. The predicted molar refractivity (Wildman–Crippen MR) is 48.2 cm³/mol. The van der Waals surface area contributed by atoms with E-state index < -0.39 is 6.23 Å². The zero-order valence-electron chi connectivity index (χ0n) is 7.55. The SMILES string of the molecule is CCCCCCCCC(N)O. The van der Waals surface area contributed by atoms with Crippen LogP contribution < -0.4 is 5.73 Å². The van der Waals surface area contributed by atoms with Gasteiger partial charge in [-0.05, 0) is 12.8 Å². The van der Waals surface area contributed by atoms with E-state index in [0.717, 1.165) is 12.8 Å². The lowest BCUT2D eigenvalue weighted by Gasteiger charge is -2.02. The lowest BCUT2D eigenvalue weighted by molar-refractivity contribution is 0.168. The smallest absolute Gasteiger partial charge is 0.102 e. The number of hydrogen-bond acceptors (Lipinski definition) is 2. The molecule has 0 amide bonds. The molecule has 3 N–H and O–H groups in total. The summed E-state index contributed by atoms with van der Waals surface area (Å²) >= 11 is 0. The molecular weight excluding hydrogens is 138 g/mol. The van der Waals surface area contributed by atoms with Crippen LogP contribution in [0.25, 0.3) is 0 Å². The third kappa shape index (κ3) is 9.92. The Bertz CT molecular complexity index is 74.0. The predicted octanol–water partition coefficient (Wildman–Crippen LogP) is 2.01. The second-order valence-electron chi connectivity index (χ2n) is 3.12. The van der Waals surface area contributed by atoms with Gasteiger partial charge in [-0.3, -0.25) is 0 Å². The van der Waals surface area contributed by atoms with Gasteiger partial charge in [0.15, 0.2) is 0 Å². The highest BCUT2D eigenvalue weighted by molar-refractivity contribution is 4.47. The molecule has 11 heavy (non-hydrogen) atoms. The van der Waals surface area contributed by atoms with E-state index in [-0.39, 0.29) is 0 Å². The fourth-order valence-corrected chi connectivity index (χ4v) is 1.13. The van der Waals surface area contributed by atoms with Crippen LogP contribution in [0, 0.1) is 0 Å². The molecule has 0 saturated heterocycles. The van der Waals surface area contributed by atoms with Crippen molar-refractivity contribution in [1.29, 1.82) is 0 Å². The standard InChI is InChI=1S/C9H21NO/c1-2-3-4-5-6-7-8-9(10)11/h9,11H,2-8,10H2,1H3. The highest BCUT2D eigenvalue weighted by atomic mass is 16.3. The van der Waals surface area contributed by atoms with Crippen LogP contribution in [-0.4, -0.2) is 11.3 Å². The maximum Gasteiger partial charge on any atom is 0.102 e. The zero-order valence-corrected chi connectivity index (χ0v) is 7.55. The summed E-state index contributed by atoms with van der Waals surface area (Å²) in [5.74, 6) is 0. The molecule has 0 aromatic rings. The Morgan fingerprint density at radius 1 is 1.09 bits per heavy atom. The lowest BCUT2D eigenvalue weighted by Crippen LogP contribution is -2.17. The van der Waals surface area contributed by atoms with E-state index in [1.54, 1.807) is 0 Å². The maximum absolute atomic E-state index is 8.73. The van der Waals surface area contributed by atoms with Crippen molar-refractivity contribution in [3.05, 3.63) is 0 Å². The summed E-state index contributed by atoms with van der Waals surface area (Å²) in [4.78, 5) is 0. The maximum atomic E-state index is 8.73. The average Bonchev–Trinajstić information content (AvgIpc) is 1.96. The van der Waals surface area contributed by atoms with Gasteiger partial charge in [0.25, 0.3) is 0 Å². The van der Waals surface area contributed by atoms with E-state index in [2.05, 4.69) is 6.92 Å². The summed E-state index contributed by atoms with van der Waals surface area (Å²) < 4.78 is 0. The first-order valence-corrected chi connectivity index (χ1v) is 4.71. The molecule has 2 heteroatoms. The number of rotatable bonds is 7. The monoisotopic (exact) mass is 159 g/mol. The fourth-order valence-electron chi connectivity index (χ4n) is 1.13. The molecule has 0 saturated carbocycles. The van der Waals surface area contributed by atoms with Gasteiger partial charge in [0, 0.05) is 0 Å². The Hall–Kier alpha value is -0.0800. The van der Waals surface area contributed by atoms with Gasteiger partial charge in [-0.1, -0.05) is 39.0 Å². The van der Waals surface area contributed by atoms with Gasteiger partial charge in [-0.25, -0.2) is 0 Å². The van der Waals surface area contributed by atoms with Gasteiger partial charge in [-0.15, -0.1) is 0 Å². The third-order valence-electron chi connectivity index (χ3n) is 1.85. The molecule has 1 atom stereocenters. The summed E-state index contributed by atoms with van der Waals surface area (Å²) in [7, 11) is 0. The van der Waals surface area contributed by atoms with Crippen molar-refractivity contribution in [3.63, 3.8) is 0 Å². The largest absolute Gasteiger partial charge is 0.379 e. The van der Waals surface area contributed by atoms with E-state index in [4.69, 9.17) is 10.8 Å². The van der Waals surface area contributed by atoms with Crippen molar-refractivity contribution in [1.82, 2.24) is 0 Å². The van der Waals surface area contributed by atoms with Crippen molar-refractivity contribution >= 4 is 0 Å². The topological polar surface area (TPSA) is 46.2 Å². The minimum absolute atomic E-state index is 0.596. The van der Waals surface area contributed by atoms with Crippen LogP contribution in [0.5, 0.6) is 0 Å². The summed E-state index contributed by atoms with van der Waals surface area (Å²) in [6.45, 7) is 2.21. The molecule has 0 bridgehead atoms. The normalized spacial score (nSPS) is 13.4. The molecular formula is C9H21NO. The van der Waals surface area contributed by atoms with E-state index in [0.29, 0.717) is 0 Å². The molecule has 1 unspecified atom stereocenters. The molecule has 0 rings (SSSR count). The van der Waals surface area contributed by atoms with Crippen LogP contribution in [-0.2, 0) is 0 Å². The van der Waals surface area contributed by atoms with Crippen molar-refractivity contribution in [2.24, 2.45) is 5.73 Å². The Balaban J connectivity index is 2.80. The quantitative estimate of drug-likeness (QED) is 0.441. The number of unbranched alkanes of at least 4 members (excludes halogenated alkanes) is 5. The molecule has 0 spiro atoms. The lowest BCUT2D eigenvalue weighted by atomic mass is 10.1. The van der Waals surface area contributed by atoms with Crippen LogP contribution >= 0.6 is 0 Å². The van der Waals surface area contributed by atoms with Crippen molar-refractivity contribution in [2.75, 3.05) is 0 Å². The molecule has 0 aliphatic carbocycles. The Labute approximate surface area is 69.8 Å². The summed E-state index contributed by atoms with van der Waals surface area (Å²) in [5, 5.41) is 8.73. The van der Waals surface area contributed by atoms with Crippen LogP contribution in [0.3, 0.4) is 0 Å². The molecule has 0 radical (unpaired) electrons. The minimum atomic E-state index is -0.596. The Morgan fingerprint density at radius 2 is 1.64 bits per heavy atom. The first kappa shape index (κ1) is 10.9. The molecule has 0 aromatic heterocycles. The van der Waals surface area contributed by atoms with E-state index in [9.17, 15) is 0 Å². The molecule has 0 aromatic carbocycles. The van der Waals surface area contributed by atoms with Crippen LogP contribution in [0.1, 0.15) is 51.9 Å².